The fourth-order valence-electron chi connectivity index (χ4n) is 1.16. The normalized spacial score (nSPS) is 10.1. The largest absolute Gasteiger partial charge is 0.618 e. The van der Waals surface area contributed by atoms with E-state index in [1.54, 1.807) is 30.5 Å². The van der Waals surface area contributed by atoms with E-state index in [2.05, 4.69) is 4.98 Å². The van der Waals surface area contributed by atoms with E-state index >= 15 is 0 Å². The fourth-order valence-corrected chi connectivity index (χ4v) is 1.32. The Bertz CT molecular complexity index is 445. The molecule has 0 aliphatic rings. The van der Waals surface area contributed by atoms with Crippen molar-refractivity contribution < 1.29 is 4.73 Å². The number of nitrogens with zero attached hydrogens (tertiary/aromatic N) is 2. The molecule has 3 nitrogen and oxygen atoms in total. The number of hydrogen-bond acceptors (Lipinski definition) is 2. The van der Waals surface area contributed by atoms with Gasteiger partial charge in [0.05, 0.1) is 5.02 Å². The molecule has 0 spiro atoms. The van der Waals surface area contributed by atoms with Crippen LogP contribution in [-0.2, 0) is 0 Å². The van der Waals surface area contributed by atoms with Crippen LogP contribution in [0.1, 0.15) is 0 Å². The molecule has 0 bridgehead atoms. The van der Waals surface area contributed by atoms with E-state index in [9.17, 15) is 5.21 Å². The summed E-state index contributed by atoms with van der Waals surface area (Å²) in [4.78, 5) is 4.07. The maximum Gasteiger partial charge on any atom is 0.243 e. The van der Waals surface area contributed by atoms with Gasteiger partial charge in [0.25, 0.3) is 0 Å². The summed E-state index contributed by atoms with van der Waals surface area (Å²) in [5.41, 5.74) is 1.07. The average molecular weight is 207 g/mol. The lowest BCUT2D eigenvalue weighted by molar-refractivity contribution is -0.593. The summed E-state index contributed by atoms with van der Waals surface area (Å²) >= 11 is 5.79. The van der Waals surface area contributed by atoms with Crippen molar-refractivity contribution in [3.8, 4) is 11.4 Å². The van der Waals surface area contributed by atoms with Crippen LogP contribution in [0, 0.1) is 5.21 Å². The lowest BCUT2D eigenvalue weighted by Gasteiger charge is -2.02. The van der Waals surface area contributed by atoms with Crippen molar-refractivity contribution >= 4 is 11.6 Å². The third-order valence-corrected chi connectivity index (χ3v) is 2.04. The summed E-state index contributed by atoms with van der Waals surface area (Å²) in [7, 11) is 0. The molecular weight excluding hydrogens is 200 g/mol. The summed E-state index contributed by atoms with van der Waals surface area (Å²) < 4.78 is 0.744. The topological polar surface area (TPSA) is 39.8 Å². The highest BCUT2D eigenvalue weighted by molar-refractivity contribution is 6.30. The first-order valence-corrected chi connectivity index (χ1v) is 4.45. The van der Waals surface area contributed by atoms with Gasteiger partial charge in [0, 0.05) is 18.3 Å². The lowest BCUT2D eigenvalue weighted by Crippen LogP contribution is -2.28. The second-order valence-electron chi connectivity index (χ2n) is 2.77. The number of pyridine rings is 2. The predicted molar refractivity (Wildman–Crippen MR) is 53.6 cm³/mol. The van der Waals surface area contributed by atoms with Gasteiger partial charge in [-0.25, -0.2) is 4.98 Å². The summed E-state index contributed by atoms with van der Waals surface area (Å²) in [6, 6.07) is 8.52. The van der Waals surface area contributed by atoms with E-state index in [4.69, 9.17) is 11.6 Å². The van der Waals surface area contributed by atoms with Gasteiger partial charge < -0.3 is 5.21 Å². The minimum atomic E-state index is 0.457. The van der Waals surface area contributed by atoms with Crippen LogP contribution in [0.3, 0.4) is 0 Å². The van der Waals surface area contributed by atoms with Crippen molar-refractivity contribution in [2.24, 2.45) is 0 Å². The van der Waals surface area contributed by atoms with Gasteiger partial charge in [-0.1, -0.05) is 17.7 Å². The number of hydrogen-bond donors (Lipinski definition) is 0. The molecule has 70 valence electrons. The van der Waals surface area contributed by atoms with Crippen LogP contribution >= 0.6 is 11.6 Å². The van der Waals surface area contributed by atoms with Gasteiger partial charge in [0.15, 0.2) is 6.20 Å². The monoisotopic (exact) mass is 206 g/mol. The van der Waals surface area contributed by atoms with Gasteiger partial charge in [-0.3, -0.25) is 0 Å². The first kappa shape index (κ1) is 8.97. The van der Waals surface area contributed by atoms with Crippen molar-refractivity contribution in [3.05, 3.63) is 53.0 Å². The Morgan fingerprint density at radius 1 is 1.29 bits per heavy atom. The van der Waals surface area contributed by atoms with Gasteiger partial charge in [0.2, 0.25) is 5.69 Å². The van der Waals surface area contributed by atoms with Crippen LogP contribution in [0.4, 0.5) is 0 Å². The van der Waals surface area contributed by atoms with Crippen molar-refractivity contribution in [3.63, 3.8) is 0 Å². The number of halogens is 1. The van der Waals surface area contributed by atoms with Crippen LogP contribution in [0.2, 0.25) is 5.02 Å². The molecule has 0 saturated carbocycles. The molecule has 0 saturated heterocycles. The molecule has 0 unspecified atom stereocenters. The Morgan fingerprint density at radius 2 is 2.14 bits per heavy atom. The molecule has 2 rings (SSSR count). The van der Waals surface area contributed by atoms with Crippen LogP contribution in [0.15, 0.2) is 42.7 Å². The smallest absolute Gasteiger partial charge is 0.243 e. The van der Waals surface area contributed by atoms with Crippen LogP contribution in [0.25, 0.3) is 11.4 Å². The zero-order valence-electron chi connectivity index (χ0n) is 7.22. The molecule has 0 amide bonds. The third kappa shape index (κ3) is 1.67. The Morgan fingerprint density at radius 3 is 2.86 bits per heavy atom. The van der Waals surface area contributed by atoms with Crippen molar-refractivity contribution in [2.45, 2.75) is 0 Å². The average Bonchev–Trinajstić information content (AvgIpc) is 2.23. The third-order valence-electron chi connectivity index (χ3n) is 1.81. The molecule has 14 heavy (non-hydrogen) atoms. The minimum Gasteiger partial charge on any atom is -0.618 e. The summed E-state index contributed by atoms with van der Waals surface area (Å²) in [6.45, 7) is 0. The lowest BCUT2D eigenvalue weighted by atomic mass is 10.2. The molecule has 2 aromatic rings. The maximum absolute atomic E-state index is 11.4. The molecule has 0 fully saturated rings. The van der Waals surface area contributed by atoms with E-state index in [0.29, 0.717) is 16.4 Å². The van der Waals surface area contributed by atoms with Crippen molar-refractivity contribution in [1.82, 2.24) is 4.98 Å². The molecule has 4 heteroatoms. The quantitative estimate of drug-likeness (QED) is 0.529. The molecule has 0 N–H and O–H groups in total. The zero-order chi connectivity index (χ0) is 9.97. The first-order chi connectivity index (χ1) is 6.77. The number of rotatable bonds is 1. The van der Waals surface area contributed by atoms with E-state index in [1.807, 2.05) is 6.07 Å². The van der Waals surface area contributed by atoms with Gasteiger partial charge in [-0.2, -0.15) is 4.73 Å². The highest BCUT2D eigenvalue weighted by atomic mass is 35.5. The van der Waals surface area contributed by atoms with Crippen LogP contribution in [-0.4, -0.2) is 4.98 Å². The fraction of sp³-hybridized carbons (Fsp3) is 0. The SMILES string of the molecule is [O-][n+]1ccc(Cl)cc1-c1ccccn1. The van der Waals surface area contributed by atoms with Gasteiger partial charge in [-0.05, 0) is 12.1 Å². The Hall–Kier alpha value is -1.61. The summed E-state index contributed by atoms with van der Waals surface area (Å²) in [6.07, 6.45) is 3.00. The molecule has 0 aromatic carbocycles. The molecule has 2 heterocycles. The summed E-state index contributed by atoms with van der Waals surface area (Å²) in [5.74, 6) is 0. The van der Waals surface area contributed by atoms with E-state index < -0.39 is 0 Å². The van der Waals surface area contributed by atoms with E-state index in [-0.39, 0.29) is 0 Å². The molecule has 0 radical (unpaired) electrons. The second-order valence-corrected chi connectivity index (χ2v) is 3.21. The predicted octanol–water partition coefficient (Wildman–Crippen LogP) is 2.04. The number of aromatic nitrogens is 2. The molecule has 0 atom stereocenters. The zero-order valence-corrected chi connectivity index (χ0v) is 7.98. The van der Waals surface area contributed by atoms with Crippen LogP contribution in [0.5, 0.6) is 0 Å². The van der Waals surface area contributed by atoms with Gasteiger partial charge in [0.1, 0.15) is 5.69 Å². The highest BCUT2D eigenvalue weighted by Crippen LogP contribution is 2.15. The highest BCUT2D eigenvalue weighted by Gasteiger charge is 2.09. The van der Waals surface area contributed by atoms with Crippen molar-refractivity contribution in [1.29, 1.82) is 0 Å². The minimum absolute atomic E-state index is 0.457. The molecule has 2 aromatic heterocycles. The Labute approximate surface area is 86.2 Å². The van der Waals surface area contributed by atoms with Crippen LogP contribution < -0.4 is 4.73 Å². The van der Waals surface area contributed by atoms with E-state index in [1.165, 1.54) is 6.20 Å². The first-order valence-electron chi connectivity index (χ1n) is 4.07. The molecule has 0 aliphatic heterocycles. The second kappa shape index (κ2) is 3.64. The van der Waals surface area contributed by atoms with Gasteiger partial charge in [-0.15, -0.1) is 0 Å². The van der Waals surface area contributed by atoms with Gasteiger partial charge >= 0.3 is 0 Å². The standard InChI is InChI=1S/C10H7ClN2O/c11-8-4-6-13(14)10(7-8)9-3-1-2-5-12-9/h1-7H. The Kier molecular flexibility index (Phi) is 2.33. The van der Waals surface area contributed by atoms with Crippen molar-refractivity contribution in [2.75, 3.05) is 0 Å². The van der Waals surface area contributed by atoms with E-state index in [0.717, 1.165) is 4.73 Å². The maximum atomic E-state index is 11.4. The molecule has 0 aliphatic carbocycles. The molecular formula is C10H7ClN2O. The summed E-state index contributed by atoms with van der Waals surface area (Å²) in [5, 5.41) is 11.9. The Balaban J connectivity index is 2.57.